The molecule has 132 valence electrons. The number of phenols is 1. The Morgan fingerprint density at radius 2 is 1.73 bits per heavy atom. The Morgan fingerprint density at radius 3 is 2.38 bits per heavy atom. The molecule has 1 amide bonds. The summed E-state index contributed by atoms with van der Waals surface area (Å²) in [5.74, 6) is -1.98. The van der Waals surface area contributed by atoms with Crippen LogP contribution in [0.2, 0.25) is 5.02 Å². The number of aromatic carboxylic acids is 1. The minimum Gasteiger partial charge on any atom is -0.507 e. The monoisotopic (exact) mass is 369 g/mol. The zero-order chi connectivity index (χ0) is 18.8. The lowest BCUT2D eigenvalue weighted by Gasteiger charge is -2.23. The molecule has 0 radical (unpaired) electrons. The third kappa shape index (κ3) is 3.21. The standard InChI is InChI=1S/C20H16ClNO4/c1-11(23)22-18(14-8-4-5-9-16(14)21)17-13-7-3-2-6-12(13)10-15(19(17)24)20(25)26/h2-10,18,24H,1H3,(H,22,23)(H,25,26). The first kappa shape index (κ1) is 17.8. The minimum atomic E-state index is -1.25. The van der Waals surface area contributed by atoms with Crippen LogP contribution in [0, 0.1) is 0 Å². The maximum Gasteiger partial charge on any atom is 0.339 e. The predicted octanol–water partition coefficient (Wildman–Crippen LogP) is 4.12. The molecule has 1 atom stereocenters. The highest BCUT2D eigenvalue weighted by atomic mass is 35.5. The van der Waals surface area contributed by atoms with Gasteiger partial charge < -0.3 is 15.5 Å². The summed E-state index contributed by atoms with van der Waals surface area (Å²) < 4.78 is 0. The second-order valence-corrected chi connectivity index (χ2v) is 6.27. The number of fused-ring (bicyclic) bond motifs is 1. The third-order valence-electron chi connectivity index (χ3n) is 4.14. The summed E-state index contributed by atoms with van der Waals surface area (Å²) in [4.78, 5) is 23.4. The number of amides is 1. The van der Waals surface area contributed by atoms with E-state index in [2.05, 4.69) is 5.32 Å². The molecule has 3 aromatic rings. The largest absolute Gasteiger partial charge is 0.507 e. The van der Waals surface area contributed by atoms with E-state index in [9.17, 15) is 19.8 Å². The van der Waals surface area contributed by atoms with E-state index in [1.807, 2.05) is 0 Å². The number of hydrogen-bond acceptors (Lipinski definition) is 3. The molecule has 0 aliphatic heterocycles. The zero-order valence-corrected chi connectivity index (χ0v) is 14.6. The Hall–Kier alpha value is -3.05. The van der Waals surface area contributed by atoms with Crippen molar-refractivity contribution >= 4 is 34.2 Å². The van der Waals surface area contributed by atoms with E-state index in [1.54, 1.807) is 48.5 Å². The van der Waals surface area contributed by atoms with Crippen LogP contribution in [0.1, 0.15) is 34.5 Å². The number of carboxylic acid groups (broad SMARTS) is 1. The van der Waals surface area contributed by atoms with Crippen molar-refractivity contribution in [3.05, 3.63) is 76.3 Å². The quantitative estimate of drug-likeness (QED) is 0.645. The highest BCUT2D eigenvalue weighted by Gasteiger charge is 2.26. The van der Waals surface area contributed by atoms with Crippen LogP contribution in [0.3, 0.4) is 0 Å². The van der Waals surface area contributed by atoms with Gasteiger partial charge in [0.1, 0.15) is 11.3 Å². The number of halogens is 1. The number of aromatic hydroxyl groups is 1. The van der Waals surface area contributed by atoms with Crippen LogP contribution in [0.4, 0.5) is 0 Å². The predicted molar refractivity (Wildman–Crippen MR) is 99.7 cm³/mol. The van der Waals surface area contributed by atoms with Gasteiger partial charge in [0, 0.05) is 17.5 Å². The number of hydrogen-bond donors (Lipinski definition) is 3. The Labute approximate surface area is 154 Å². The van der Waals surface area contributed by atoms with E-state index in [0.717, 1.165) is 0 Å². The van der Waals surface area contributed by atoms with Gasteiger partial charge >= 0.3 is 5.97 Å². The van der Waals surface area contributed by atoms with E-state index in [4.69, 9.17) is 11.6 Å². The number of carbonyl (C=O) groups excluding carboxylic acids is 1. The Balaban J connectivity index is 2.38. The molecule has 3 aromatic carbocycles. The summed E-state index contributed by atoms with van der Waals surface area (Å²) in [7, 11) is 0. The van der Waals surface area contributed by atoms with E-state index in [-0.39, 0.29) is 11.5 Å². The summed E-state index contributed by atoms with van der Waals surface area (Å²) in [6.07, 6.45) is 0. The maximum absolute atomic E-state index is 11.8. The van der Waals surface area contributed by atoms with Gasteiger partial charge in [-0.15, -0.1) is 0 Å². The van der Waals surface area contributed by atoms with Crippen LogP contribution in [-0.4, -0.2) is 22.1 Å². The third-order valence-corrected chi connectivity index (χ3v) is 4.49. The highest BCUT2D eigenvalue weighted by Crippen LogP contribution is 2.40. The van der Waals surface area contributed by atoms with Crippen LogP contribution in [0.15, 0.2) is 54.6 Å². The molecule has 5 nitrogen and oxygen atoms in total. The Morgan fingerprint density at radius 1 is 1.08 bits per heavy atom. The molecular weight excluding hydrogens is 354 g/mol. The molecule has 0 fully saturated rings. The van der Waals surface area contributed by atoms with Gasteiger partial charge in [-0.25, -0.2) is 4.79 Å². The van der Waals surface area contributed by atoms with E-state index in [0.29, 0.717) is 26.9 Å². The first-order valence-electron chi connectivity index (χ1n) is 7.89. The van der Waals surface area contributed by atoms with Gasteiger partial charge in [-0.1, -0.05) is 54.1 Å². The lowest BCUT2D eigenvalue weighted by molar-refractivity contribution is -0.119. The number of carboxylic acids is 1. The summed E-state index contributed by atoms with van der Waals surface area (Å²) in [5.41, 5.74) is 0.622. The molecule has 0 aliphatic rings. The molecule has 3 N–H and O–H groups in total. The Kier molecular flexibility index (Phi) is 4.82. The van der Waals surface area contributed by atoms with Crippen LogP contribution in [0.25, 0.3) is 10.8 Å². The number of rotatable bonds is 4. The summed E-state index contributed by atoms with van der Waals surface area (Å²) in [6.45, 7) is 1.35. The molecular formula is C20H16ClNO4. The number of carbonyl (C=O) groups is 2. The van der Waals surface area contributed by atoms with Crippen LogP contribution >= 0.6 is 11.6 Å². The molecule has 3 rings (SSSR count). The SMILES string of the molecule is CC(=O)NC(c1ccccc1Cl)c1c(O)c(C(=O)O)cc2ccccc12. The van der Waals surface area contributed by atoms with Gasteiger partial charge in [0.15, 0.2) is 0 Å². The van der Waals surface area contributed by atoms with Crippen molar-refractivity contribution < 1.29 is 19.8 Å². The van der Waals surface area contributed by atoms with E-state index < -0.39 is 17.8 Å². The second kappa shape index (κ2) is 7.06. The van der Waals surface area contributed by atoms with Crippen molar-refractivity contribution in [1.82, 2.24) is 5.32 Å². The summed E-state index contributed by atoms with van der Waals surface area (Å²) in [6, 6.07) is 14.6. The van der Waals surface area contributed by atoms with Gasteiger partial charge in [-0.3, -0.25) is 4.79 Å². The van der Waals surface area contributed by atoms with Crippen LogP contribution in [-0.2, 0) is 4.79 Å². The number of nitrogens with one attached hydrogen (secondary N) is 1. The van der Waals surface area contributed by atoms with Crippen molar-refractivity contribution in [2.24, 2.45) is 0 Å². The molecule has 0 saturated heterocycles. The minimum absolute atomic E-state index is 0.235. The highest BCUT2D eigenvalue weighted by molar-refractivity contribution is 6.31. The fourth-order valence-corrected chi connectivity index (χ4v) is 3.28. The lowest BCUT2D eigenvalue weighted by Crippen LogP contribution is -2.27. The zero-order valence-electron chi connectivity index (χ0n) is 13.9. The fraction of sp³-hybridized carbons (Fsp3) is 0.100. The topological polar surface area (TPSA) is 86.6 Å². The molecule has 26 heavy (non-hydrogen) atoms. The molecule has 6 heteroatoms. The first-order valence-corrected chi connectivity index (χ1v) is 8.27. The van der Waals surface area contributed by atoms with Crippen molar-refractivity contribution in [2.75, 3.05) is 0 Å². The molecule has 0 bridgehead atoms. The average molecular weight is 370 g/mol. The van der Waals surface area contributed by atoms with Crippen molar-refractivity contribution in [2.45, 2.75) is 13.0 Å². The smallest absolute Gasteiger partial charge is 0.339 e. The molecule has 0 saturated carbocycles. The van der Waals surface area contributed by atoms with Crippen molar-refractivity contribution in [1.29, 1.82) is 0 Å². The van der Waals surface area contributed by atoms with Gasteiger partial charge in [-0.2, -0.15) is 0 Å². The van der Waals surface area contributed by atoms with Gasteiger partial charge in [-0.05, 0) is 28.5 Å². The average Bonchev–Trinajstić information content (AvgIpc) is 2.60. The van der Waals surface area contributed by atoms with E-state index in [1.165, 1.54) is 13.0 Å². The number of benzene rings is 3. The van der Waals surface area contributed by atoms with Crippen molar-refractivity contribution in [3.63, 3.8) is 0 Å². The van der Waals surface area contributed by atoms with Gasteiger partial charge in [0.2, 0.25) is 5.91 Å². The maximum atomic E-state index is 11.8. The van der Waals surface area contributed by atoms with Crippen LogP contribution < -0.4 is 5.32 Å². The van der Waals surface area contributed by atoms with Gasteiger partial charge in [0.25, 0.3) is 0 Å². The second-order valence-electron chi connectivity index (χ2n) is 5.87. The van der Waals surface area contributed by atoms with Gasteiger partial charge in [0.05, 0.1) is 6.04 Å². The normalized spacial score (nSPS) is 11.9. The summed E-state index contributed by atoms with van der Waals surface area (Å²) >= 11 is 6.31. The summed E-state index contributed by atoms with van der Waals surface area (Å²) in [5, 5.41) is 24.6. The van der Waals surface area contributed by atoms with E-state index >= 15 is 0 Å². The van der Waals surface area contributed by atoms with Crippen molar-refractivity contribution in [3.8, 4) is 5.75 Å². The van der Waals surface area contributed by atoms with Crippen LogP contribution in [0.5, 0.6) is 5.75 Å². The fourth-order valence-electron chi connectivity index (χ4n) is 3.04. The molecule has 1 unspecified atom stereocenters. The lowest BCUT2D eigenvalue weighted by atomic mass is 9.90. The molecule has 0 heterocycles. The molecule has 0 aromatic heterocycles. The first-order chi connectivity index (χ1) is 12.4. The molecule has 0 aliphatic carbocycles. The Bertz CT molecular complexity index is 1020. The molecule has 0 spiro atoms.